The molecular formula is C63H119NO5. The third-order valence-corrected chi connectivity index (χ3v) is 14.2. The summed E-state index contributed by atoms with van der Waals surface area (Å²) in [6.45, 7) is 4.88. The van der Waals surface area contributed by atoms with Crippen molar-refractivity contribution in [2.75, 3.05) is 13.2 Å². The van der Waals surface area contributed by atoms with Gasteiger partial charge in [0.25, 0.3) is 0 Å². The van der Waals surface area contributed by atoms with Gasteiger partial charge in [-0.3, -0.25) is 9.59 Å². The summed E-state index contributed by atoms with van der Waals surface area (Å²) in [4.78, 5) is 24.6. The molecule has 3 N–H and O–H groups in total. The van der Waals surface area contributed by atoms with Crippen molar-refractivity contribution in [2.24, 2.45) is 0 Å². The predicted molar refractivity (Wildman–Crippen MR) is 301 cm³/mol. The van der Waals surface area contributed by atoms with E-state index in [0.717, 1.165) is 57.8 Å². The highest BCUT2D eigenvalue weighted by Gasteiger charge is 2.18. The van der Waals surface area contributed by atoms with Crippen molar-refractivity contribution >= 4 is 11.9 Å². The summed E-state index contributed by atoms with van der Waals surface area (Å²) in [6.07, 6.45) is 73.1. The number of carbonyl (C=O) groups excluding carboxylic acids is 2. The number of aliphatic hydroxyl groups is 2. The third-order valence-electron chi connectivity index (χ3n) is 14.2. The molecular weight excluding hydrogens is 851 g/mol. The van der Waals surface area contributed by atoms with Crippen LogP contribution in [-0.4, -0.2) is 47.4 Å². The van der Waals surface area contributed by atoms with Gasteiger partial charge in [-0.05, 0) is 64.2 Å². The first-order valence-corrected chi connectivity index (χ1v) is 30.8. The zero-order valence-electron chi connectivity index (χ0n) is 46.3. The maximum absolute atomic E-state index is 12.5. The van der Waals surface area contributed by atoms with Crippen LogP contribution in [0, 0.1) is 0 Å². The molecule has 0 fully saturated rings. The van der Waals surface area contributed by atoms with Crippen molar-refractivity contribution in [3.05, 3.63) is 36.5 Å². The molecule has 0 aromatic heterocycles. The Labute approximate surface area is 430 Å². The molecule has 0 aliphatic heterocycles. The second-order valence-corrected chi connectivity index (χ2v) is 21.0. The lowest BCUT2D eigenvalue weighted by atomic mass is 10.0. The van der Waals surface area contributed by atoms with Crippen LogP contribution in [0.5, 0.6) is 0 Å². The first-order chi connectivity index (χ1) is 34.0. The van der Waals surface area contributed by atoms with Crippen molar-refractivity contribution < 1.29 is 24.5 Å². The Bertz CT molecular complexity index is 1120. The van der Waals surface area contributed by atoms with Gasteiger partial charge in [0.05, 0.1) is 25.4 Å². The highest BCUT2D eigenvalue weighted by molar-refractivity contribution is 5.76. The van der Waals surface area contributed by atoms with Crippen LogP contribution in [0.4, 0.5) is 0 Å². The lowest BCUT2D eigenvalue weighted by Gasteiger charge is -2.20. The van der Waals surface area contributed by atoms with Gasteiger partial charge in [-0.2, -0.15) is 0 Å². The smallest absolute Gasteiger partial charge is 0.305 e. The number of hydrogen-bond donors (Lipinski definition) is 3. The molecule has 0 saturated carbocycles. The fraction of sp³-hybridized carbons (Fsp3) is 0.873. The van der Waals surface area contributed by atoms with Gasteiger partial charge in [-0.15, -0.1) is 0 Å². The molecule has 2 unspecified atom stereocenters. The SMILES string of the molecule is CCCCCC/C=C\C/C=C\CCCCCCCC(=O)OCCCCCCCCCCCCCCCCCCC(=O)NC(CO)C(O)/C=C/CCCCCCCCCCCCCCCCCCCC. The number of esters is 1. The van der Waals surface area contributed by atoms with Gasteiger partial charge >= 0.3 is 5.97 Å². The zero-order chi connectivity index (χ0) is 50.0. The molecule has 0 aliphatic rings. The van der Waals surface area contributed by atoms with E-state index in [4.69, 9.17) is 4.74 Å². The van der Waals surface area contributed by atoms with E-state index in [-0.39, 0.29) is 18.5 Å². The number of amides is 1. The third kappa shape index (κ3) is 55.2. The number of carbonyl (C=O) groups is 2. The fourth-order valence-electron chi connectivity index (χ4n) is 9.43. The number of aliphatic hydroxyl groups excluding tert-OH is 2. The van der Waals surface area contributed by atoms with Crippen molar-refractivity contribution in [3.8, 4) is 0 Å². The van der Waals surface area contributed by atoms with Crippen molar-refractivity contribution in [3.63, 3.8) is 0 Å². The van der Waals surface area contributed by atoms with Crippen molar-refractivity contribution in [1.82, 2.24) is 5.32 Å². The molecule has 1 amide bonds. The second kappa shape index (κ2) is 58.6. The highest BCUT2D eigenvalue weighted by atomic mass is 16.5. The van der Waals surface area contributed by atoms with Crippen LogP contribution in [0.3, 0.4) is 0 Å². The maximum atomic E-state index is 12.5. The lowest BCUT2D eigenvalue weighted by molar-refractivity contribution is -0.143. The van der Waals surface area contributed by atoms with E-state index in [1.54, 1.807) is 6.08 Å². The standard InChI is InChI=1S/C63H119NO5/c1-3-5-7-9-11-13-15-17-19-21-22-23-24-27-31-35-39-43-47-51-55-61(66)60(59-65)64-62(67)56-52-48-44-40-36-32-28-25-26-30-34-38-42-46-50-54-58-69-63(68)57-53-49-45-41-37-33-29-20-18-16-14-12-10-8-6-4-2/h14,16,20,29,51,55,60-61,65-66H,3-13,15,17-19,21-28,30-50,52-54,56-59H2,1-2H3,(H,64,67)/b16-14-,29-20-,55-51+. The first-order valence-electron chi connectivity index (χ1n) is 30.8. The van der Waals surface area contributed by atoms with Gasteiger partial charge < -0.3 is 20.3 Å². The number of unbranched alkanes of at least 4 members (excludes halogenated alkanes) is 42. The molecule has 2 atom stereocenters. The molecule has 6 nitrogen and oxygen atoms in total. The minimum absolute atomic E-state index is 0.0110. The van der Waals surface area contributed by atoms with Crippen LogP contribution >= 0.6 is 0 Å². The Morgan fingerprint density at radius 3 is 1.12 bits per heavy atom. The van der Waals surface area contributed by atoms with Gasteiger partial charge in [0, 0.05) is 12.8 Å². The minimum Gasteiger partial charge on any atom is -0.466 e. The quantitative estimate of drug-likeness (QED) is 0.0321. The second-order valence-electron chi connectivity index (χ2n) is 21.0. The molecule has 0 bridgehead atoms. The molecule has 0 spiro atoms. The molecule has 0 aliphatic carbocycles. The highest BCUT2D eigenvalue weighted by Crippen LogP contribution is 2.17. The van der Waals surface area contributed by atoms with E-state index in [0.29, 0.717) is 19.4 Å². The summed E-state index contributed by atoms with van der Waals surface area (Å²) >= 11 is 0. The summed E-state index contributed by atoms with van der Waals surface area (Å²) in [6, 6.07) is -0.635. The van der Waals surface area contributed by atoms with Gasteiger partial charge in [-0.1, -0.05) is 288 Å². The first kappa shape index (κ1) is 67.1. The van der Waals surface area contributed by atoms with E-state index in [2.05, 4.69) is 43.5 Å². The van der Waals surface area contributed by atoms with Gasteiger partial charge in [0.15, 0.2) is 0 Å². The number of allylic oxidation sites excluding steroid dienone is 5. The molecule has 0 saturated heterocycles. The Morgan fingerprint density at radius 1 is 0.406 bits per heavy atom. The Morgan fingerprint density at radius 2 is 0.725 bits per heavy atom. The maximum Gasteiger partial charge on any atom is 0.305 e. The summed E-state index contributed by atoms with van der Waals surface area (Å²) < 4.78 is 5.48. The molecule has 6 heteroatoms. The largest absolute Gasteiger partial charge is 0.466 e. The van der Waals surface area contributed by atoms with Crippen LogP contribution in [0.2, 0.25) is 0 Å². The van der Waals surface area contributed by atoms with Gasteiger partial charge in [0.2, 0.25) is 5.91 Å². The average Bonchev–Trinajstić information content (AvgIpc) is 3.35. The zero-order valence-corrected chi connectivity index (χ0v) is 46.3. The summed E-state index contributed by atoms with van der Waals surface area (Å²) in [5.41, 5.74) is 0. The Balaban J connectivity index is 3.46. The van der Waals surface area contributed by atoms with E-state index in [9.17, 15) is 19.8 Å². The lowest BCUT2D eigenvalue weighted by Crippen LogP contribution is -2.45. The van der Waals surface area contributed by atoms with E-state index >= 15 is 0 Å². The summed E-state index contributed by atoms with van der Waals surface area (Å²) in [5.74, 6) is -0.0840. The normalized spacial score (nSPS) is 12.8. The summed E-state index contributed by atoms with van der Waals surface area (Å²) in [5, 5.41) is 23.2. The Kier molecular flexibility index (Phi) is 57.0. The molecule has 0 rings (SSSR count). The molecule has 69 heavy (non-hydrogen) atoms. The van der Waals surface area contributed by atoms with Crippen LogP contribution in [0.15, 0.2) is 36.5 Å². The monoisotopic (exact) mass is 970 g/mol. The number of ether oxygens (including phenoxy) is 1. The topological polar surface area (TPSA) is 95.9 Å². The molecule has 0 aromatic carbocycles. The van der Waals surface area contributed by atoms with Crippen molar-refractivity contribution in [2.45, 2.75) is 341 Å². The number of nitrogens with one attached hydrogen (secondary N) is 1. The van der Waals surface area contributed by atoms with Crippen LogP contribution < -0.4 is 5.32 Å². The molecule has 406 valence electrons. The number of hydrogen-bond acceptors (Lipinski definition) is 5. The predicted octanol–water partition coefficient (Wildman–Crippen LogP) is 19.2. The Hall–Kier alpha value is -1.92. The summed E-state index contributed by atoms with van der Waals surface area (Å²) in [7, 11) is 0. The fourth-order valence-corrected chi connectivity index (χ4v) is 9.43. The number of rotatable bonds is 57. The van der Waals surface area contributed by atoms with Crippen LogP contribution in [0.25, 0.3) is 0 Å². The minimum atomic E-state index is -0.851. The molecule has 0 radical (unpaired) electrons. The van der Waals surface area contributed by atoms with Crippen molar-refractivity contribution in [1.29, 1.82) is 0 Å². The average molecular weight is 971 g/mol. The van der Waals surface area contributed by atoms with E-state index < -0.39 is 12.1 Å². The molecule has 0 heterocycles. The molecule has 0 aromatic rings. The van der Waals surface area contributed by atoms with E-state index in [1.165, 1.54) is 244 Å². The van der Waals surface area contributed by atoms with Gasteiger partial charge in [-0.25, -0.2) is 0 Å². The van der Waals surface area contributed by atoms with Crippen LogP contribution in [0.1, 0.15) is 328 Å². The van der Waals surface area contributed by atoms with E-state index in [1.807, 2.05) is 6.08 Å². The van der Waals surface area contributed by atoms with Crippen LogP contribution in [-0.2, 0) is 14.3 Å². The van der Waals surface area contributed by atoms with Gasteiger partial charge in [0.1, 0.15) is 0 Å².